The maximum Gasteiger partial charge on any atom is 0.227 e. The van der Waals surface area contributed by atoms with Gasteiger partial charge in [0.25, 0.3) is 0 Å². The second kappa shape index (κ2) is 7.14. The molecule has 1 aromatic carbocycles. The average Bonchev–Trinajstić information content (AvgIpc) is 3.20. The standard InChI is InChI=1S/C18H26N2O2/c19-12-13-4-3-7-17(13)18(21)20-14-8-10-16(11-9-14)22-15-5-1-2-6-15/h8-11,13,15,17H,1-7,12,19H2,(H,20,21)/t13-,17-/m1/s1. The van der Waals surface area contributed by atoms with Crippen molar-refractivity contribution in [2.45, 2.75) is 51.0 Å². The number of nitrogens with one attached hydrogen (secondary N) is 1. The summed E-state index contributed by atoms with van der Waals surface area (Å²) in [7, 11) is 0. The number of hydrogen-bond acceptors (Lipinski definition) is 3. The van der Waals surface area contributed by atoms with Gasteiger partial charge in [-0.3, -0.25) is 4.79 Å². The Hall–Kier alpha value is -1.55. The van der Waals surface area contributed by atoms with Crippen LogP contribution in [0.25, 0.3) is 0 Å². The molecule has 2 aliphatic carbocycles. The first kappa shape index (κ1) is 15.3. The minimum absolute atomic E-state index is 0.0689. The van der Waals surface area contributed by atoms with Gasteiger partial charge in [0, 0.05) is 11.6 Å². The first-order valence-corrected chi connectivity index (χ1v) is 8.54. The Kier molecular flexibility index (Phi) is 4.98. The van der Waals surface area contributed by atoms with Gasteiger partial charge in [-0.1, -0.05) is 6.42 Å². The summed E-state index contributed by atoms with van der Waals surface area (Å²) in [6.07, 6.45) is 8.34. The molecule has 1 aromatic rings. The van der Waals surface area contributed by atoms with Crippen molar-refractivity contribution >= 4 is 11.6 Å². The molecule has 0 radical (unpaired) electrons. The van der Waals surface area contributed by atoms with E-state index in [-0.39, 0.29) is 11.8 Å². The molecule has 4 nitrogen and oxygen atoms in total. The zero-order valence-corrected chi connectivity index (χ0v) is 13.1. The normalized spacial score (nSPS) is 25.3. The third-order valence-corrected chi connectivity index (χ3v) is 5.03. The molecule has 2 atom stereocenters. The van der Waals surface area contributed by atoms with Crippen LogP contribution in [-0.2, 0) is 4.79 Å². The molecule has 0 aromatic heterocycles. The van der Waals surface area contributed by atoms with E-state index in [0.717, 1.165) is 43.5 Å². The van der Waals surface area contributed by atoms with Gasteiger partial charge in [0.1, 0.15) is 5.75 Å². The Balaban J connectivity index is 1.55. The molecular formula is C18H26N2O2. The monoisotopic (exact) mass is 302 g/mol. The van der Waals surface area contributed by atoms with E-state index in [1.54, 1.807) is 0 Å². The van der Waals surface area contributed by atoms with Crippen molar-refractivity contribution in [3.05, 3.63) is 24.3 Å². The van der Waals surface area contributed by atoms with E-state index in [4.69, 9.17) is 10.5 Å². The van der Waals surface area contributed by atoms with E-state index in [1.165, 1.54) is 12.8 Å². The number of amides is 1. The van der Waals surface area contributed by atoms with Crippen LogP contribution in [0.5, 0.6) is 5.75 Å². The zero-order chi connectivity index (χ0) is 15.4. The lowest BCUT2D eigenvalue weighted by Crippen LogP contribution is -2.29. The third kappa shape index (κ3) is 3.61. The molecule has 2 fully saturated rings. The number of carbonyl (C=O) groups excluding carboxylic acids is 1. The van der Waals surface area contributed by atoms with Crippen molar-refractivity contribution in [3.63, 3.8) is 0 Å². The molecule has 0 unspecified atom stereocenters. The van der Waals surface area contributed by atoms with E-state index in [2.05, 4.69) is 5.32 Å². The first-order valence-electron chi connectivity index (χ1n) is 8.54. The average molecular weight is 302 g/mol. The van der Waals surface area contributed by atoms with Crippen LogP contribution in [0.2, 0.25) is 0 Å². The molecule has 4 heteroatoms. The van der Waals surface area contributed by atoms with Crippen LogP contribution in [0.15, 0.2) is 24.3 Å². The van der Waals surface area contributed by atoms with Crippen molar-refractivity contribution in [2.75, 3.05) is 11.9 Å². The fourth-order valence-corrected chi connectivity index (χ4v) is 3.71. The quantitative estimate of drug-likeness (QED) is 0.877. The van der Waals surface area contributed by atoms with Crippen LogP contribution in [-0.4, -0.2) is 18.6 Å². The lowest BCUT2D eigenvalue weighted by atomic mass is 9.95. The minimum atomic E-state index is 0.0689. The largest absolute Gasteiger partial charge is 0.490 e. The van der Waals surface area contributed by atoms with E-state index in [0.29, 0.717) is 18.6 Å². The van der Waals surface area contributed by atoms with Gasteiger partial charge in [-0.2, -0.15) is 0 Å². The van der Waals surface area contributed by atoms with Crippen LogP contribution in [0.1, 0.15) is 44.9 Å². The maximum atomic E-state index is 12.3. The predicted octanol–water partition coefficient (Wildman–Crippen LogP) is 3.32. The summed E-state index contributed by atoms with van der Waals surface area (Å²) in [4.78, 5) is 12.3. The fourth-order valence-electron chi connectivity index (χ4n) is 3.71. The Labute approximate surface area is 132 Å². The first-order chi connectivity index (χ1) is 10.8. The van der Waals surface area contributed by atoms with Crippen molar-refractivity contribution in [2.24, 2.45) is 17.6 Å². The Bertz CT molecular complexity index is 494. The number of anilines is 1. The number of benzene rings is 1. The van der Waals surface area contributed by atoms with Gasteiger partial charge in [0.15, 0.2) is 0 Å². The van der Waals surface area contributed by atoms with Crippen molar-refractivity contribution in [1.82, 2.24) is 0 Å². The smallest absolute Gasteiger partial charge is 0.227 e. The van der Waals surface area contributed by atoms with Crippen LogP contribution in [0.3, 0.4) is 0 Å². The molecule has 0 saturated heterocycles. The minimum Gasteiger partial charge on any atom is -0.490 e. The number of carbonyl (C=O) groups is 1. The van der Waals surface area contributed by atoms with E-state index < -0.39 is 0 Å². The molecule has 0 spiro atoms. The van der Waals surface area contributed by atoms with Crippen LogP contribution in [0, 0.1) is 11.8 Å². The van der Waals surface area contributed by atoms with E-state index >= 15 is 0 Å². The molecule has 1 amide bonds. The topological polar surface area (TPSA) is 64.4 Å². The Morgan fingerprint density at radius 3 is 2.50 bits per heavy atom. The molecule has 22 heavy (non-hydrogen) atoms. The summed E-state index contributed by atoms with van der Waals surface area (Å²) in [5.74, 6) is 1.41. The second-order valence-corrected chi connectivity index (χ2v) is 6.57. The summed E-state index contributed by atoms with van der Waals surface area (Å²) < 4.78 is 5.94. The maximum absolute atomic E-state index is 12.3. The summed E-state index contributed by atoms with van der Waals surface area (Å²) >= 11 is 0. The van der Waals surface area contributed by atoms with Gasteiger partial charge >= 0.3 is 0 Å². The Morgan fingerprint density at radius 1 is 1.09 bits per heavy atom. The lowest BCUT2D eigenvalue weighted by molar-refractivity contribution is -0.120. The highest BCUT2D eigenvalue weighted by atomic mass is 16.5. The van der Waals surface area contributed by atoms with Crippen molar-refractivity contribution < 1.29 is 9.53 Å². The molecule has 120 valence electrons. The molecule has 3 rings (SSSR count). The van der Waals surface area contributed by atoms with Crippen LogP contribution < -0.4 is 15.8 Å². The lowest BCUT2D eigenvalue weighted by Gasteiger charge is -2.18. The third-order valence-electron chi connectivity index (χ3n) is 5.03. The van der Waals surface area contributed by atoms with Gasteiger partial charge in [-0.25, -0.2) is 0 Å². The summed E-state index contributed by atoms with van der Waals surface area (Å²) in [6, 6.07) is 7.75. The summed E-state index contributed by atoms with van der Waals surface area (Å²) in [5, 5.41) is 3.02. The SMILES string of the molecule is NC[C@H]1CCC[C@H]1C(=O)Nc1ccc(OC2CCCC2)cc1. The van der Waals surface area contributed by atoms with Crippen LogP contribution >= 0.6 is 0 Å². The molecular weight excluding hydrogens is 276 g/mol. The molecule has 0 aliphatic heterocycles. The molecule has 0 heterocycles. The number of hydrogen-bond donors (Lipinski definition) is 2. The summed E-state index contributed by atoms with van der Waals surface area (Å²) in [5.41, 5.74) is 6.60. The van der Waals surface area contributed by atoms with Gasteiger partial charge in [-0.05, 0) is 75.3 Å². The van der Waals surface area contributed by atoms with Gasteiger partial charge in [-0.15, -0.1) is 0 Å². The highest BCUT2D eigenvalue weighted by Crippen LogP contribution is 2.32. The van der Waals surface area contributed by atoms with Gasteiger partial charge in [0.05, 0.1) is 6.10 Å². The second-order valence-electron chi connectivity index (χ2n) is 6.57. The van der Waals surface area contributed by atoms with E-state index in [9.17, 15) is 4.79 Å². The molecule has 3 N–H and O–H groups in total. The molecule has 2 saturated carbocycles. The molecule has 2 aliphatic rings. The van der Waals surface area contributed by atoms with Gasteiger partial charge < -0.3 is 15.8 Å². The fraction of sp³-hybridized carbons (Fsp3) is 0.611. The van der Waals surface area contributed by atoms with Crippen molar-refractivity contribution in [3.8, 4) is 5.75 Å². The summed E-state index contributed by atoms with van der Waals surface area (Å²) in [6.45, 7) is 0.603. The number of ether oxygens (including phenoxy) is 1. The number of rotatable bonds is 5. The highest BCUT2D eigenvalue weighted by Gasteiger charge is 2.31. The van der Waals surface area contributed by atoms with Gasteiger partial charge in [0.2, 0.25) is 5.91 Å². The van der Waals surface area contributed by atoms with Crippen LogP contribution in [0.4, 0.5) is 5.69 Å². The highest BCUT2D eigenvalue weighted by molar-refractivity contribution is 5.93. The predicted molar refractivity (Wildman–Crippen MR) is 87.8 cm³/mol. The zero-order valence-electron chi connectivity index (χ0n) is 13.1. The van der Waals surface area contributed by atoms with E-state index in [1.807, 2.05) is 24.3 Å². The Morgan fingerprint density at radius 2 is 1.82 bits per heavy atom. The molecule has 0 bridgehead atoms. The van der Waals surface area contributed by atoms with Crippen molar-refractivity contribution in [1.29, 1.82) is 0 Å². The number of nitrogens with two attached hydrogens (primary N) is 1.